The van der Waals surface area contributed by atoms with Crippen LogP contribution in [-0.2, 0) is 9.59 Å². The second kappa shape index (κ2) is 6.61. The standard InChI is InChI=1S/C13H13ClO3S/c1-8(15)13(14)11-5-4-10(18-2)7-9(11)3-6-12(16)17/h3-7,13H,1-2H3,(H,16,17). The van der Waals surface area contributed by atoms with E-state index in [4.69, 9.17) is 16.7 Å². The number of carboxylic acids is 1. The predicted molar refractivity (Wildman–Crippen MR) is 74.2 cm³/mol. The van der Waals surface area contributed by atoms with Gasteiger partial charge in [-0.1, -0.05) is 6.07 Å². The van der Waals surface area contributed by atoms with Crippen molar-refractivity contribution in [3.05, 3.63) is 35.4 Å². The molecular formula is C13H13ClO3S. The number of rotatable bonds is 5. The molecule has 0 aromatic heterocycles. The third-order valence-corrected chi connectivity index (χ3v) is 3.60. The highest BCUT2D eigenvalue weighted by atomic mass is 35.5. The van der Waals surface area contributed by atoms with E-state index in [-0.39, 0.29) is 5.78 Å². The van der Waals surface area contributed by atoms with Crippen molar-refractivity contribution in [3.63, 3.8) is 0 Å². The van der Waals surface area contributed by atoms with E-state index in [9.17, 15) is 9.59 Å². The number of aliphatic carboxylic acids is 1. The molecule has 96 valence electrons. The molecule has 0 amide bonds. The summed E-state index contributed by atoms with van der Waals surface area (Å²) in [4.78, 5) is 22.8. The van der Waals surface area contributed by atoms with Gasteiger partial charge in [-0.2, -0.15) is 0 Å². The fourth-order valence-corrected chi connectivity index (χ4v) is 2.08. The monoisotopic (exact) mass is 284 g/mol. The largest absolute Gasteiger partial charge is 0.478 e. The number of ketones is 1. The lowest BCUT2D eigenvalue weighted by molar-refractivity contribution is -0.131. The maximum atomic E-state index is 11.3. The number of halogens is 1. The number of carbonyl (C=O) groups is 2. The molecule has 18 heavy (non-hydrogen) atoms. The lowest BCUT2D eigenvalue weighted by Crippen LogP contribution is -2.03. The molecule has 1 unspecified atom stereocenters. The highest BCUT2D eigenvalue weighted by Crippen LogP contribution is 2.29. The van der Waals surface area contributed by atoms with Crippen LogP contribution in [0.2, 0.25) is 0 Å². The zero-order chi connectivity index (χ0) is 13.7. The molecule has 1 aromatic rings. The molecule has 1 atom stereocenters. The quantitative estimate of drug-likeness (QED) is 0.512. The minimum absolute atomic E-state index is 0.168. The first-order valence-corrected chi connectivity index (χ1v) is 6.85. The third-order valence-electron chi connectivity index (χ3n) is 2.33. The number of carbonyl (C=O) groups excluding carboxylic acids is 1. The van der Waals surface area contributed by atoms with Gasteiger partial charge in [0, 0.05) is 11.0 Å². The van der Waals surface area contributed by atoms with E-state index in [1.807, 2.05) is 18.4 Å². The number of hydrogen-bond acceptors (Lipinski definition) is 3. The van der Waals surface area contributed by atoms with Crippen LogP contribution in [0.1, 0.15) is 23.4 Å². The Kier molecular flexibility index (Phi) is 5.44. The normalized spacial score (nSPS) is 12.6. The Morgan fingerprint density at radius 1 is 1.44 bits per heavy atom. The summed E-state index contributed by atoms with van der Waals surface area (Å²) in [5, 5.41) is 7.89. The van der Waals surface area contributed by atoms with Crippen LogP contribution in [-0.4, -0.2) is 23.1 Å². The van der Waals surface area contributed by atoms with E-state index in [0.29, 0.717) is 11.1 Å². The molecular weight excluding hydrogens is 272 g/mol. The maximum Gasteiger partial charge on any atom is 0.328 e. The molecule has 3 nitrogen and oxygen atoms in total. The van der Waals surface area contributed by atoms with Crippen molar-refractivity contribution >= 4 is 41.2 Å². The number of benzene rings is 1. The van der Waals surface area contributed by atoms with Crippen molar-refractivity contribution in [2.24, 2.45) is 0 Å². The molecule has 5 heteroatoms. The lowest BCUT2D eigenvalue weighted by atomic mass is 10.0. The Labute approximate surface area is 115 Å². The third kappa shape index (κ3) is 3.89. The second-order valence-electron chi connectivity index (χ2n) is 3.64. The maximum absolute atomic E-state index is 11.3. The summed E-state index contributed by atoms with van der Waals surface area (Å²) in [7, 11) is 0. The average molecular weight is 285 g/mol. The molecule has 0 aliphatic rings. The lowest BCUT2D eigenvalue weighted by Gasteiger charge is -2.11. The molecule has 1 aromatic carbocycles. The Bertz CT molecular complexity index is 497. The van der Waals surface area contributed by atoms with Crippen LogP contribution >= 0.6 is 23.4 Å². The molecule has 0 radical (unpaired) electrons. The van der Waals surface area contributed by atoms with Crippen molar-refractivity contribution < 1.29 is 14.7 Å². The van der Waals surface area contributed by atoms with Gasteiger partial charge in [0.2, 0.25) is 0 Å². The highest BCUT2D eigenvalue weighted by molar-refractivity contribution is 7.98. The number of alkyl halides is 1. The van der Waals surface area contributed by atoms with Gasteiger partial charge in [-0.05, 0) is 42.5 Å². The summed E-state index contributed by atoms with van der Waals surface area (Å²) < 4.78 is 0. The predicted octanol–water partition coefficient (Wildman–Crippen LogP) is 3.38. The number of thioether (sulfide) groups is 1. The van der Waals surface area contributed by atoms with Crippen LogP contribution in [0.25, 0.3) is 6.08 Å². The molecule has 0 heterocycles. The van der Waals surface area contributed by atoms with Crippen molar-refractivity contribution in [1.29, 1.82) is 0 Å². The van der Waals surface area contributed by atoms with Crippen LogP contribution in [0.5, 0.6) is 0 Å². The van der Waals surface area contributed by atoms with Crippen molar-refractivity contribution in [1.82, 2.24) is 0 Å². The van der Waals surface area contributed by atoms with E-state index in [1.54, 1.807) is 6.07 Å². The van der Waals surface area contributed by atoms with Gasteiger partial charge in [-0.25, -0.2) is 4.79 Å². The van der Waals surface area contributed by atoms with Crippen molar-refractivity contribution in [2.75, 3.05) is 6.26 Å². The van der Waals surface area contributed by atoms with Gasteiger partial charge in [0.25, 0.3) is 0 Å². The van der Waals surface area contributed by atoms with Gasteiger partial charge in [-0.15, -0.1) is 23.4 Å². The van der Waals surface area contributed by atoms with Crippen LogP contribution in [0, 0.1) is 0 Å². The van der Waals surface area contributed by atoms with Gasteiger partial charge < -0.3 is 5.11 Å². The average Bonchev–Trinajstić information content (AvgIpc) is 2.34. The molecule has 0 aliphatic heterocycles. The van der Waals surface area contributed by atoms with Gasteiger partial charge in [0.1, 0.15) is 5.38 Å². The van der Waals surface area contributed by atoms with Crippen LogP contribution in [0.3, 0.4) is 0 Å². The number of carboxylic acid groups (broad SMARTS) is 1. The fraction of sp³-hybridized carbons (Fsp3) is 0.231. The van der Waals surface area contributed by atoms with E-state index in [1.165, 1.54) is 24.8 Å². The smallest absolute Gasteiger partial charge is 0.328 e. The summed E-state index contributed by atoms with van der Waals surface area (Å²) in [5.41, 5.74) is 1.28. The Hall–Kier alpha value is -1.26. The van der Waals surface area contributed by atoms with Crippen LogP contribution in [0.4, 0.5) is 0 Å². The van der Waals surface area contributed by atoms with Gasteiger partial charge >= 0.3 is 5.97 Å². The van der Waals surface area contributed by atoms with E-state index in [2.05, 4.69) is 0 Å². The summed E-state index contributed by atoms with van der Waals surface area (Å²) in [6.45, 7) is 1.41. The summed E-state index contributed by atoms with van der Waals surface area (Å²) in [5.74, 6) is -1.21. The molecule has 0 saturated carbocycles. The first-order valence-electron chi connectivity index (χ1n) is 5.19. The number of hydrogen-bond donors (Lipinski definition) is 1. The van der Waals surface area contributed by atoms with E-state index < -0.39 is 11.3 Å². The Morgan fingerprint density at radius 2 is 2.11 bits per heavy atom. The Balaban J connectivity index is 3.24. The summed E-state index contributed by atoms with van der Waals surface area (Å²) in [6.07, 6.45) is 4.41. The molecule has 0 fully saturated rings. The van der Waals surface area contributed by atoms with Crippen molar-refractivity contribution in [3.8, 4) is 0 Å². The molecule has 0 bridgehead atoms. The molecule has 1 rings (SSSR count). The fourth-order valence-electron chi connectivity index (χ4n) is 1.44. The van der Waals surface area contributed by atoms with Gasteiger partial charge in [-0.3, -0.25) is 4.79 Å². The summed E-state index contributed by atoms with van der Waals surface area (Å²) in [6, 6.07) is 5.43. The second-order valence-corrected chi connectivity index (χ2v) is 4.96. The van der Waals surface area contributed by atoms with Crippen LogP contribution < -0.4 is 0 Å². The first kappa shape index (κ1) is 14.8. The molecule has 0 spiro atoms. The highest BCUT2D eigenvalue weighted by Gasteiger charge is 2.16. The topological polar surface area (TPSA) is 54.4 Å². The molecule has 0 aliphatic carbocycles. The SMILES string of the molecule is CSc1ccc(C(Cl)C(C)=O)c(C=CC(=O)O)c1. The Morgan fingerprint density at radius 3 is 2.61 bits per heavy atom. The molecule has 0 saturated heterocycles. The zero-order valence-corrected chi connectivity index (χ0v) is 11.6. The van der Waals surface area contributed by atoms with Gasteiger partial charge in [0.05, 0.1) is 0 Å². The number of Topliss-reactive ketones (excluding diaryl/α,β-unsaturated/α-hetero) is 1. The van der Waals surface area contributed by atoms with Crippen LogP contribution in [0.15, 0.2) is 29.2 Å². The summed E-state index contributed by atoms with van der Waals surface area (Å²) >= 11 is 7.56. The van der Waals surface area contributed by atoms with E-state index >= 15 is 0 Å². The minimum Gasteiger partial charge on any atom is -0.478 e. The van der Waals surface area contributed by atoms with Crippen molar-refractivity contribution in [2.45, 2.75) is 17.2 Å². The van der Waals surface area contributed by atoms with E-state index in [0.717, 1.165) is 11.0 Å². The van der Waals surface area contributed by atoms with Gasteiger partial charge in [0.15, 0.2) is 5.78 Å². The first-order chi connectivity index (χ1) is 8.45. The zero-order valence-electron chi connectivity index (χ0n) is 10.0. The minimum atomic E-state index is -1.04. The molecule has 1 N–H and O–H groups in total.